The number of H-pyrrole nitrogens is 1. The summed E-state index contributed by atoms with van der Waals surface area (Å²) in [7, 11) is 0. The minimum absolute atomic E-state index is 0.190. The predicted molar refractivity (Wildman–Crippen MR) is 166 cm³/mol. The van der Waals surface area contributed by atoms with E-state index in [1.54, 1.807) is 33.8 Å². The van der Waals surface area contributed by atoms with Crippen molar-refractivity contribution in [2.45, 2.75) is 84.9 Å². The minimum Gasteiger partial charge on any atom is -0.464 e. The molecule has 1 saturated heterocycles. The van der Waals surface area contributed by atoms with Gasteiger partial charge >= 0.3 is 12.1 Å². The van der Waals surface area contributed by atoms with Crippen LogP contribution in [0.1, 0.15) is 67.7 Å². The van der Waals surface area contributed by atoms with Gasteiger partial charge in [0.2, 0.25) is 11.8 Å². The first-order chi connectivity index (χ1) is 19.5. The lowest BCUT2D eigenvalue weighted by Gasteiger charge is -2.27. The zero-order valence-corrected chi connectivity index (χ0v) is 28.5. The van der Waals surface area contributed by atoms with Gasteiger partial charge in [0.1, 0.15) is 23.7 Å². The molecule has 1 saturated carbocycles. The van der Waals surface area contributed by atoms with Crippen molar-refractivity contribution in [2.75, 3.05) is 19.7 Å². The number of carbonyl (C=O) groups is 4. The van der Waals surface area contributed by atoms with Gasteiger partial charge in [-0.25, -0.2) is 14.7 Å². The van der Waals surface area contributed by atoms with E-state index in [1.165, 1.54) is 11.1 Å². The number of nitrogens with one attached hydrogen (secondary N) is 3. The van der Waals surface area contributed by atoms with E-state index in [0.29, 0.717) is 34.8 Å². The molecule has 12 nitrogen and oxygen atoms in total. The summed E-state index contributed by atoms with van der Waals surface area (Å²) in [5.41, 5.74) is -2.00. The number of hydrogen-bond acceptors (Lipinski definition) is 8. The highest BCUT2D eigenvalue weighted by Crippen LogP contribution is 2.45. The number of hydrogen-bond donors (Lipinski definition) is 3. The lowest BCUT2D eigenvalue weighted by atomic mass is 10.1. The number of rotatable bonds is 7. The van der Waals surface area contributed by atoms with Crippen molar-refractivity contribution in [3.8, 4) is 0 Å². The normalized spacial score (nSPS) is 20.7. The van der Waals surface area contributed by atoms with Crippen LogP contribution in [0.5, 0.6) is 0 Å². The molecule has 0 bridgehead atoms. The van der Waals surface area contributed by atoms with E-state index < -0.39 is 35.2 Å². The molecule has 3 amide bonds. The molecule has 42 heavy (non-hydrogen) atoms. The first kappa shape index (κ1) is 37.3. The van der Waals surface area contributed by atoms with E-state index in [9.17, 15) is 24.0 Å². The molecule has 2 heterocycles. The molecule has 3 atom stereocenters. The van der Waals surface area contributed by atoms with Crippen LogP contribution >= 0.6 is 31.9 Å². The molecule has 2 aliphatic rings. The SMILES string of the molecule is C=CC1C[C@]1(NC(=O)C1CCCN1C(=O)CNC(=O)OC(C)(C)C)C(=O)OCC.CC(C)C.O=c1[nH]ncc(Br)c1Br. The molecule has 1 aliphatic heterocycles. The van der Waals surface area contributed by atoms with Crippen LogP contribution in [-0.4, -0.2) is 75.9 Å². The summed E-state index contributed by atoms with van der Waals surface area (Å²) in [6, 6.07) is -0.694. The zero-order valence-electron chi connectivity index (χ0n) is 25.3. The number of aromatic nitrogens is 2. The van der Waals surface area contributed by atoms with Gasteiger partial charge in [0, 0.05) is 12.5 Å². The molecule has 1 aromatic rings. The Hall–Kier alpha value is -2.74. The summed E-state index contributed by atoms with van der Waals surface area (Å²) in [4.78, 5) is 61.5. The second-order valence-corrected chi connectivity index (χ2v) is 13.1. The number of halogens is 2. The number of esters is 1. The van der Waals surface area contributed by atoms with E-state index in [4.69, 9.17) is 9.47 Å². The third kappa shape index (κ3) is 11.9. The Kier molecular flexibility index (Phi) is 14.9. The van der Waals surface area contributed by atoms with Crippen molar-refractivity contribution >= 4 is 55.7 Å². The summed E-state index contributed by atoms with van der Waals surface area (Å²) < 4.78 is 11.3. The summed E-state index contributed by atoms with van der Waals surface area (Å²) in [5.74, 6) is -0.620. The van der Waals surface area contributed by atoms with Crippen molar-refractivity contribution in [3.63, 3.8) is 0 Å². The van der Waals surface area contributed by atoms with E-state index in [0.717, 1.165) is 5.92 Å². The molecule has 236 valence electrons. The highest BCUT2D eigenvalue weighted by molar-refractivity contribution is 9.13. The quantitative estimate of drug-likeness (QED) is 0.281. The van der Waals surface area contributed by atoms with Gasteiger partial charge in [0.15, 0.2) is 0 Å². The summed E-state index contributed by atoms with van der Waals surface area (Å²) in [6.07, 6.45) is 4.02. The number of ether oxygens (including phenoxy) is 2. The summed E-state index contributed by atoms with van der Waals surface area (Å²) >= 11 is 6.17. The van der Waals surface area contributed by atoms with Crippen molar-refractivity contribution in [1.29, 1.82) is 0 Å². The largest absolute Gasteiger partial charge is 0.464 e. The van der Waals surface area contributed by atoms with Gasteiger partial charge in [-0.05, 0) is 84.7 Å². The Labute approximate surface area is 264 Å². The highest BCUT2D eigenvalue weighted by Gasteiger charge is 2.61. The fourth-order valence-corrected chi connectivity index (χ4v) is 4.30. The third-order valence-electron chi connectivity index (χ3n) is 5.70. The van der Waals surface area contributed by atoms with Gasteiger partial charge in [-0.1, -0.05) is 26.8 Å². The van der Waals surface area contributed by atoms with Crippen LogP contribution in [0, 0.1) is 11.8 Å². The van der Waals surface area contributed by atoms with E-state index >= 15 is 0 Å². The monoisotopic (exact) mass is 719 g/mol. The fraction of sp³-hybridized carbons (Fsp3) is 0.643. The second-order valence-electron chi connectivity index (χ2n) is 11.4. The molecule has 3 rings (SSSR count). The molecular formula is C28H43Br2N5O7. The first-order valence-corrected chi connectivity index (χ1v) is 15.3. The smallest absolute Gasteiger partial charge is 0.408 e. The van der Waals surface area contributed by atoms with Crippen molar-refractivity contribution in [2.24, 2.45) is 11.8 Å². The summed E-state index contributed by atoms with van der Waals surface area (Å²) in [6.45, 7) is 17.4. The molecule has 0 spiro atoms. The van der Waals surface area contributed by atoms with Crippen LogP contribution in [0.3, 0.4) is 0 Å². The molecule has 3 N–H and O–H groups in total. The number of nitrogens with zero attached hydrogens (tertiary/aromatic N) is 2. The molecule has 2 unspecified atom stereocenters. The maximum Gasteiger partial charge on any atom is 0.408 e. The fourth-order valence-electron chi connectivity index (χ4n) is 3.83. The van der Waals surface area contributed by atoms with Crippen LogP contribution in [0.25, 0.3) is 0 Å². The molecule has 1 aromatic heterocycles. The Morgan fingerprint density at radius 1 is 1.26 bits per heavy atom. The number of likely N-dealkylation sites (tertiary alicyclic amines) is 1. The van der Waals surface area contributed by atoms with Gasteiger partial charge in [0.25, 0.3) is 5.56 Å². The highest BCUT2D eigenvalue weighted by atomic mass is 79.9. The van der Waals surface area contributed by atoms with Gasteiger partial charge in [-0.3, -0.25) is 14.4 Å². The van der Waals surface area contributed by atoms with Crippen LogP contribution in [0.15, 0.2) is 32.6 Å². The first-order valence-electron chi connectivity index (χ1n) is 13.8. The molecule has 14 heteroatoms. The Morgan fingerprint density at radius 2 is 1.88 bits per heavy atom. The van der Waals surface area contributed by atoms with Crippen LogP contribution in [0.2, 0.25) is 0 Å². The van der Waals surface area contributed by atoms with Crippen molar-refractivity contribution in [1.82, 2.24) is 25.7 Å². The standard InChI is InChI=1S/C20H31N3O6.C4H2Br2N2O.C4H10/c1-6-13-11-20(13,17(26)28-7-2)22-16(25)14-9-8-10-23(14)15(24)12-21-18(27)29-19(3,4)5;5-2-1-7-8-4(9)3(2)6;1-4(2)3/h6,13-14H,1,7-12H2,2-5H3,(H,21,27)(H,22,25);1H,(H,8,9);4H,1-3H3/t13?,14?,20-;;/m1../s1. The van der Waals surface area contributed by atoms with E-state index in [-0.39, 0.29) is 30.5 Å². The molecule has 2 fully saturated rings. The number of aromatic amines is 1. The molecule has 0 radical (unpaired) electrons. The van der Waals surface area contributed by atoms with E-state index in [1.807, 2.05) is 0 Å². The Bertz CT molecular complexity index is 1170. The maximum atomic E-state index is 12.9. The Morgan fingerprint density at radius 3 is 2.36 bits per heavy atom. The van der Waals surface area contributed by atoms with E-state index in [2.05, 4.69) is 80.0 Å². The lowest BCUT2D eigenvalue weighted by molar-refractivity contribution is -0.150. The third-order valence-corrected chi connectivity index (χ3v) is 7.62. The second kappa shape index (κ2) is 16.8. The Balaban J connectivity index is 0.000000558. The zero-order chi connectivity index (χ0) is 32.3. The molecule has 0 aromatic carbocycles. The maximum absolute atomic E-state index is 12.9. The summed E-state index contributed by atoms with van der Waals surface area (Å²) in [5, 5.41) is 11.0. The van der Waals surface area contributed by atoms with Crippen molar-refractivity contribution in [3.05, 3.63) is 38.2 Å². The molecular weight excluding hydrogens is 678 g/mol. The predicted octanol–water partition coefficient (Wildman–Crippen LogP) is 4.08. The minimum atomic E-state index is -1.10. The van der Waals surface area contributed by atoms with Crippen LogP contribution < -0.4 is 16.2 Å². The van der Waals surface area contributed by atoms with Gasteiger partial charge in [-0.2, -0.15) is 5.10 Å². The lowest BCUT2D eigenvalue weighted by Crippen LogP contribution is -2.54. The van der Waals surface area contributed by atoms with Gasteiger partial charge in [-0.15, -0.1) is 6.58 Å². The number of amides is 3. The topological polar surface area (TPSA) is 160 Å². The van der Waals surface area contributed by atoms with Gasteiger partial charge < -0.3 is 25.0 Å². The number of carbonyl (C=O) groups excluding carboxylic acids is 4. The van der Waals surface area contributed by atoms with Crippen LogP contribution in [-0.2, 0) is 23.9 Å². The van der Waals surface area contributed by atoms with Crippen LogP contribution in [0.4, 0.5) is 4.79 Å². The number of alkyl carbamates (subject to hydrolysis) is 1. The van der Waals surface area contributed by atoms with Crippen molar-refractivity contribution < 1.29 is 28.7 Å². The molecule has 1 aliphatic carbocycles. The average Bonchev–Trinajstić information content (AvgIpc) is 3.36. The van der Waals surface area contributed by atoms with Gasteiger partial charge in [0.05, 0.1) is 21.7 Å². The average molecular weight is 721 g/mol.